The molecule has 2 rings (SSSR count). The molecule has 1 aliphatic carbocycles. The molecule has 1 aromatic carbocycles. The molecule has 0 saturated carbocycles. The second-order valence-corrected chi connectivity index (χ2v) is 4.60. The first kappa shape index (κ1) is 11.6. The SMILES string of the molecule is CCNCCNCC1Cc2ccccc2C1. The summed E-state index contributed by atoms with van der Waals surface area (Å²) in [5.41, 5.74) is 3.11. The highest BCUT2D eigenvalue weighted by atomic mass is 14.9. The normalized spacial score (nSPS) is 15.3. The van der Waals surface area contributed by atoms with E-state index < -0.39 is 0 Å². The molecule has 2 nitrogen and oxygen atoms in total. The van der Waals surface area contributed by atoms with E-state index in [9.17, 15) is 0 Å². The number of fused-ring (bicyclic) bond motifs is 1. The second-order valence-electron chi connectivity index (χ2n) is 4.60. The molecule has 2 heteroatoms. The molecule has 0 saturated heterocycles. The van der Waals surface area contributed by atoms with E-state index in [1.165, 1.54) is 12.8 Å². The first-order valence-electron chi connectivity index (χ1n) is 6.38. The van der Waals surface area contributed by atoms with Crippen LogP contribution in [0.4, 0.5) is 0 Å². The van der Waals surface area contributed by atoms with Crippen molar-refractivity contribution in [1.82, 2.24) is 10.6 Å². The highest BCUT2D eigenvalue weighted by Crippen LogP contribution is 2.25. The average Bonchev–Trinajstić information content (AvgIpc) is 2.71. The summed E-state index contributed by atoms with van der Waals surface area (Å²) in [6, 6.07) is 8.85. The van der Waals surface area contributed by atoms with Crippen LogP contribution in [0.15, 0.2) is 24.3 Å². The number of hydrogen-bond acceptors (Lipinski definition) is 2. The van der Waals surface area contributed by atoms with Crippen molar-refractivity contribution < 1.29 is 0 Å². The Hall–Kier alpha value is -0.860. The Labute approximate surface area is 98.4 Å². The first-order chi connectivity index (χ1) is 7.90. The van der Waals surface area contributed by atoms with Gasteiger partial charge in [0.15, 0.2) is 0 Å². The molecule has 0 unspecified atom stereocenters. The lowest BCUT2D eigenvalue weighted by atomic mass is 10.1. The van der Waals surface area contributed by atoms with Crippen LogP contribution >= 0.6 is 0 Å². The Balaban J connectivity index is 1.67. The van der Waals surface area contributed by atoms with Gasteiger partial charge in [-0.2, -0.15) is 0 Å². The number of hydrogen-bond donors (Lipinski definition) is 2. The molecule has 2 N–H and O–H groups in total. The number of benzene rings is 1. The van der Waals surface area contributed by atoms with E-state index in [0.29, 0.717) is 0 Å². The quantitative estimate of drug-likeness (QED) is 0.709. The summed E-state index contributed by atoms with van der Waals surface area (Å²) in [5.74, 6) is 0.805. The van der Waals surface area contributed by atoms with Crippen LogP contribution in [0.1, 0.15) is 18.1 Å². The van der Waals surface area contributed by atoms with Crippen LogP contribution in [-0.4, -0.2) is 26.2 Å². The minimum Gasteiger partial charge on any atom is -0.316 e. The summed E-state index contributed by atoms with van der Waals surface area (Å²) in [5, 5.41) is 6.86. The predicted molar refractivity (Wildman–Crippen MR) is 68.8 cm³/mol. The van der Waals surface area contributed by atoms with Crippen molar-refractivity contribution in [1.29, 1.82) is 0 Å². The minimum atomic E-state index is 0.805. The van der Waals surface area contributed by atoms with Gasteiger partial charge in [-0.25, -0.2) is 0 Å². The molecular weight excluding hydrogens is 196 g/mol. The zero-order chi connectivity index (χ0) is 11.2. The molecular formula is C14H22N2. The Morgan fingerprint density at radius 3 is 2.31 bits per heavy atom. The first-order valence-corrected chi connectivity index (χ1v) is 6.38. The smallest absolute Gasteiger partial charge is 0.00768 e. The van der Waals surface area contributed by atoms with Crippen LogP contribution in [0, 0.1) is 5.92 Å². The predicted octanol–water partition coefficient (Wildman–Crippen LogP) is 1.60. The summed E-state index contributed by atoms with van der Waals surface area (Å²) in [4.78, 5) is 0. The van der Waals surface area contributed by atoms with Gasteiger partial charge >= 0.3 is 0 Å². The van der Waals surface area contributed by atoms with Gasteiger partial charge in [-0.15, -0.1) is 0 Å². The van der Waals surface area contributed by atoms with Crippen LogP contribution in [0.2, 0.25) is 0 Å². The standard InChI is InChI=1S/C14H22N2/c1-2-15-7-8-16-11-12-9-13-5-3-4-6-14(13)10-12/h3-6,12,15-16H,2,7-11H2,1H3. The Bertz CT molecular complexity index is 297. The van der Waals surface area contributed by atoms with Crippen LogP contribution in [0.25, 0.3) is 0 Å². The Morgan fingerprint density at radius 1 is 1.06 bits per heavy atom. The maximum absolute atomic E-state index is 3.53. The third kappa shape index (κ3) is 3.06. The molecule has 0 aromatic heterocycles. The molecule has 88 valence electrons. The largest absolute Gasteiger partial charge is 0.316 e. The number of nitrogens with one attached hydrogen (secondary N) is 2. The monoisotopic (exact) mass is 218 g/mol. The lowest BCUT2D eigenvalue weighted by Gasteiger charge is -2.10. The van der Waals surface area contributed by atoms with Gasteiger partial charge in [0.05, 0.1) is 0 Å². The van der Waals surface area contributed by atoms with E-state index >= 15 is 0 Å². The molecule has 0 spiro atoms. The van der Waals surface area contributed by atoms with Crippen molar-refractivity contribution >= 4 is 0 Å². The van der Waals surface area contributed by atoms with Gasteiger partial charge in [0.25, 0.3) is 0 Å². The van der Waals surface area contributed by atoms with Crippen LogP contribution < -0.4 is 10.6 Å². The molecule has 0 heterocycles. The van der Waals surface area contributed by atoms with E-state index in [4.69, 9.17) is 0 Å². The third-order valence-electron chi connectivity index (χ3n) is 3.30. The van der Waals surface area contributed by atoms with Crippen molar-refractivity contribution in [2.45, 2.75) is 19.8 Å². The van der Waals surface area contributed by atoms with E-state index in [1.807, 2.05) is 0 Å². The zero-order valence-electron chi connectivity index (χ0n) is 10.1. The van der Waals surface area contributed by atoms with Crippen molar-refractivity contribution in [2.75, 3.05) is 26.2 Å². The molecule has 0 aliphatic heterocycles. The zero-order valence-corrected chi connectivity index (χ0v) is 10.1. The summed E-state index contributed by atoms with van der Waals surface area (Å²) < 4.78 is 0. The summed E-state index contributed by atoms with van der Waals surface area (Å²) in [6.07, 6.45) is 2.51. The van der Waals surface area contributed by atoms with Crippen molar-refractivity contribution in [2.24, 2.45) is 5.92 Å². The molecule has 0 amide bonds. The van der Waals surface area contributed by atoms with Gasteiger partial charge in [0, 0.05) is 13.1 Å². The molecule has 1 aliphatic rings. The fourth-order valence-electron chi connectivity index (χ4n) is 2.45. The van der Waals surface area contributed by atoms with Gasteiger partial charge in [0.1, 0.15) is 0 Å². The summed E-state index contributed by atoms with van der Waals surface area (Å²) in [7, 11) is 0. The fraction of sp³-hybridized carbons (Fsp3) is 0.571. The Kier molecular flexibility index (Phi) is 4.37. The fourth-order valence-corrected chi connectivity index (χ4v) is 2.45. The van der Waals surface area contributed by atoms with Crippen molar-refractivity contribution in [3.8, 4) is 0 Å². The van der Waals surface area contributed by atoms with Crippen molar-refractivity contribution in [3.05, 3.63) is 35.4 Å². The van der Waals surface area contributed by atoms with Crippen molar-refractivity contribution in [3.63, 3.8) is 0 Å². The molecule has 0 atom stereocenters. The highest BCUT2D eigenvalue weighted by molar-refractivity contribution is 5.32. The molecule has 1 aromatic rings. The van der Waals surface area contributed by atoms with Gasteiger partial charge in [0.2, 0.25) is 0 Å². The number of rotatable bonds is 6. The Morgan fingerprint density at radius 2 is 1.69 bits per heavy atom. The van der Waals surface area contributed by atoms with Gasteiger partial charge < -0.3 is 10.6 Å². The molecule has 0 bridgehead atoms. The lowest BCUT2D eigenvalue weighted by Crippen LogP contribution is -2.30. The lowest BCUT2D eigenvalue weighted by molar-refractivity contribution is 0.493. The highest BCUT2D eigenvalue weighted by Gasteiger charge is 2.19. The second kappa shape index (κ2) is 6.02. The van der Waals surface area contributed by atoms with Gasteiger partial charge in [-0.05, 0) is 43.0 Å². The maximum Gasteiger partial charge on any atom is 0.00768 e. The molecule has 16 heavy (non-hydrogen) atoms. The maximum atomic E-state index is 3.53. The van der Waals surface area contributed by atoms with E-state index in [0.717, 1.165) is 32.1 Å². The third-order valence-corrected chi connectivity index (χ3v) is 3.30. The average molecular weight is 218 g/mol. The molecule has 0 fully saturated rings. The van der Waals surface area contributed by atoms with E-state index in [-0.39, 0.29) is 0 Å². The minimum absolute atomic E-state index is 0.805. The van der Waals surface area contributed by atoms with E-state index in [2.05, 4.69) is 41.8 Å². The molecule has 0 radical (unpaired) electrons. The number of likely N-dealkylation sites (N-methyl/N-ethyl adjacent to an activating group) is 1. The van der Waals surface area contributed by atoms with Crippen LogP contribution in [0.3, 0.4) is 0 Å². The van der Waals surface area contributed by atoms with Crippen LogP contribution in [-0.2, 0) is 12.8 Å². The van der Waals surface area contributed by atoms with Gasteiger partial charge in [-0.1, -0.05) is 31.2 Å². The summed E-state index contributed by atoms with van der Waals surface area (Å²) >= 11 is 0. The summed E-state index contributed by atoms with van der Waals surface area (Å²) in [6.45, 7) is 6.53. The topological polar surface area (TPSA) is 24.1 Å². The van der Waals surface area contributed by atoms with Crippen LogP contribution in [0.5, 0.6) is 0 Å². The van der Waals surface area contributed by atoms with E-state index in [1.54, 1.807) is 11.1 Å². The van der Waals surface area contributed by atoms with Gasteiger partial charge in [-0.3, -0.25) is 0 Å².